The number of nitrogens with zero attached hydrogens (tertiary/aromatic N) is 1. The standard InChI is InChI=1S/C12H12N/c1-4-13-8-10(3)11-7-9(2)5-6-12(11)13/h5-8H,1H2,2-3H3/q+1. The van der Waals surface area contributed by atoms with E-state index in [2.05, 4.69) is 50.7 Å². The summed E-state index contributed by atoms with van der Waals surface area (Å²) in [6, 6.07) is 6.41. The summed E-state index contributed by atoms with van der Waals surface area (Å²) >= 11 is 0. The van der Waals surface area contributed by atoms with Crippen molar-refractivity contribution in [1.29, 1.82) is 0 Å². The van der Waals surface area contributed by atoms with Crippen LogP contribution in [-0.4, -0.2) is 10.4 Å². The fraction of sp³-hybridized carbons (Fsp3) is 0.167. The number of benzene rings is 1. The number of aryl methyl sites for hydroxylation is 1. The van der Waals surface area contributed by atoms with E-state index in [1.54, 1.807) is 0 Å². The van der Waals surface area contributed by atoms with Gasteiger partial charge in [0.05, 0.1) is 5.56 Å². The van der Waals surface area contributed by atoms with E-state index in [9.17, 15) is 0 Å². The zero-order valence-electron chi connectivity index (χ0n) is 7.96. The molecule has 64 valence electrons. The second-order valence-electron chi connectivity index (χ2n) is 3.36. The summed E-state index contributed by atoms with van der Waals surface area (Å²) in [7, 11) is 0. The molecule has 1 heteroatoms. The highest BCUT2D eigenvalue weighted by molar-refractivity contribution is 5.75. The van der Waals surface area contributed by atoms with Crippen molar-refractivity contribution in [1.82, 2.24) is 0 Å². The second-order valence-corrected chi connectivity index (χ2v) is 3.36. The van der Waals surface area contributed by atoms with Crippen molar-refractivity contribution in [3.63, 3.8) is 0 Å². The first-order chi connectivity index (χ1) is 6.22. The summed E-state index contributed by atoms with van der Waals surface area (Å²) in [5.74, 6) is 2.88. The van der Waals surface area contributed by atoms with Gasteiger partial charge in [0.25, 0.3) is 0 Å². The van der Waals surface area contributed by atoms with Crippen LogP contribution in [0.1, 0.15) is 18.1 Å². The Morgan fingerprint density at radius 1 is 1.31 bits per heavy atom. The third-order valence-corrected chi connectivity index (χ3v) is 2.33. The lowest BCUT2D eigenvalue weighted by Crippen LogP contribution is -1.89. The molecule has 1 nitrogen and oxygen atoms in total. The average Bonchev–Trinajstić information content (AvgIpc) is 2.43. The van der Waals surface area contributed by atoms with E-state index in [1.165, 1.54) is 22.4 Å². The van der Waals surface area contributed by atoms with E-state index in [1.807, 2.05) is 4.58 Å². The molecule has 1 aromatic rings. The maximum Gasteiger partial charge on any atom is 0.228 e. The first-order valence-corrected chi connectivity index (χ1v) is 4.34. The molecule has 0 aromatic heterocycles. The highest BCUT2D eigenvalue weighted by atomic mass is 15.0. The summed E-state index contributed by atoms with van der Waals surface area (Å²) in [5.41, 5.74) is 5.03. The molecule has 0 N–H and O–H groups in total. The van der Waals surface area contributed by atoms with Gasteiger partial charge in [0.1, 0.15) is 0 Å². The summed E-state index contributed by atoms with van der Waals surface area (Å²) in [6.45, 7) is 7.87. The number of rotatable bonds is 0. The van der Waals surface area contributed by atoms with Gasteiger partial charge in [-0.2, -0.15) is 0 Å². The Morgan fingerprint density at radius 2 is 2.08 bits per heavy atom. The topological polar surface area (TPSA) is 3.01 Å². The number of hydrogen-bond donors (Lipinski definition) is 0. The van der Waals surface area contributed by atoms with Crippen molar-refractivity contribution in [3.05, 3.63) is 42.1 Å². The summed E-state index contributed by atoms with van der Waals surface area (Å²) < 4.78 is 1.93. The predicted octanol–water partition coefficient (Wildman–Crippen LogP) is 2.87. The molecule has 0 aliphatic carbocycles. The monoisotopic (exact) mass is 170 g/mol. The number of fused-ring (bicyclic) bond motifs is 1. The Kier molecular flexibility index (Phi) is 1.68. The molecule has 0 atom stereocenters. The smallest absolute Gasteiger partial charge is 0.118 e. The number of hydrogen-bond acceptors (Lipinski definition) is 0. The van der Waals surface area contributed by atoms with Gasteiger partial charge in [-0.15, -0.1) is 4.58 Å². The van der Waals surface area contributed by atoms with Gasteiger partial charge in [-0.25, -0.2) is 0 Å². The van der Waals surface area contributed by atoms with Gasteiger partial charge in [-0.05, 0) is 19.9 Å². The van der Waals surface area contributed by atoms with Crippen molar-refractivity contribution >= 4 is 17.1 Å². The van der Waals surface area contributed by atoms with E-state index in [4.69, 9.17) is 0 Å². The van der Waals surface area contributed by atoms with E-state index in [0.717, 1.165) is 0 Å². The Balaban J connectivity index is 2.74. The van der Waals surface area contributed by atoms with E-state index in [-0.39, 0.29) is 0 Å². The van der Waals surface area contributed by atoms with Crippen molar-refractivity contribution in [2.75, 3.05) is 0 Å². The Morgan fingerprint density at radius 3 is 2.77 bits per heavy atom. The summed E-state index contributed by atoms with van der Waals surface area (Å²) in [6.07, 6.45) is 2.05. The van der Waals surface area contributed by atoms with Crippen molar-refractivity contribution < 1.29 is 4.58 Å². The Hall–Kier alpha value is -1.59. The van der Waals surface area contributed by atoms with Gasteiger partial charge in [-0.3, -0.25) is 0 Å². The molecule has 13 heavy (non-hydrogen) atoms. The van der Waals surface area contributed by atoms with Crippen LogP contribution in [0.2, 0.25) is 0 Å². The van der Waals surface area contributed by atoms with Gasteiger partial charge in [-0.1, -0.05) is 11.6 Å². The van der Waals surface area contributed by atoms with E-state index < -0.39 is 0 Å². The van der Waals surface area contributed by atoms with Crippen LogP contribution in [0.5, 0.6) is 0 Å². The first kappa shape index (κ1) is 8.03. The first-order valence-electron chi connectivity index (χ1n) is 4.34. The molecular formula is C12H12N+. The second kappa shape index (κ2) is 2.72. The maximum atomic E-state index is 3.65. The van der Waals surface area contributed by atoms with E-state index >= 15 is 0 Å². The van der Waals surface area contributed by atoms with Crippen LogP contribution >= 0.6 is 0 Å². The Bertz CT molecular complexity index is 446. The zero-order chi connectivity index (χ0) is 9.42. The lowest BCUT2D eigenvalue weighted by molar-refractivity contribution is -0.346. The molecule has 0 spiro atoms. The van der Waals surface area contributed by atoms with Gasteiger partial charge in [0.2, 0.25) is 5.69 Å². The lowest BCUT2D eigenvalue weighted by atomic mass is 10.1. The van der Waals surface area contributed by atoms with Crippen LogP contribution in [0.25, 0.3) is 5.57 Å². The molecule has 1 aliphatic heterocycles. The van der Waals surface area contributed by atoms with Gasteiger partial charge >= 0.3 is 0 Å². The molecule has 0 unspecified atom stereocenters. The molecule has 1 aliphatic rings. The quantitative estimate of drug-likeness (QED) is 0.527. The summed E-state index contributed by atoms with van der Waals surface area (Å²) in [5, 5.41) is 0. The molecule has 0 fully saturated rings. The van der Waals surface area contributed by atoms with Gasteiger partial charge < -0.3 is 0 Å². The summed E-state index contributed by atoms with van der Waals surface area (Å²) in [4.78, 5) is 0. The highest BCUT2D eigenvalue weighted by Crippen LogP contribution is 2.32. The third kappa shape index (κ3) is 1.14. The molecule has 0 radical (unpaired) electrons. The van der Waals surface area contributed by atoms with Crippen LogP contribution in [0.4, 0.5) is 5.69 Å². The zero-order valence-corrected chi connectivity index (χ0v) is 7.96. The number of allylic oxidation sites excluding steroid dienone is 1. The highest BCUT2D eigenvalue weighted by Gasteiger charge is 2.22. The largest absolute Gasteiger partial charge is 0.228 e. The van der Waals surface area contributed by atoms with Crippen LogP contribution in [0, 0.1) is 6.92 Å². The molecule has 0 saturated heterocycles. The maximum absolute atomic E-state index is 3.65. The minimum Gasteiger partial charge on any atom is -0.118 e. The van der Waals surface area contributed by atoms with Crippen LogP contribution in [0.15, 0.2) is 31.0 Å². The SMILES string of the molecule is C=C=[N+]1C=C(C)c2cc(C)ccc21. The van der Waals surface area contributed by atoms with Crippen LogP contribution < -0.4 is 0 Å². The molecule has 1 heterocycles. The van der Waals surface area contributed by atoms with Gasteiger partial charge in [0, 0.05) is 18.2 Å². The molecule has 0 saturated carbocycles. The van der Waals surface area contributed by atoms with Crippen molar-refractivity contribution in [2.24, 2.45) is 0 Å². The fourth-order valence-corrected chi connectivity index (χ4v) is 1.64. The minimum atomic E-state index is 1.18. The fourth-order valence-electron chi connectivity index (χ4n) is 1.64. The molecule has 2 rings (SSSR count). The predicted molar refractivity (Wildman–Crippen MR) is 55.4 cm³/mol. The lowest BCUT2D eigenvalue weighted by Gasteiger charge is -1.95. The molecule has 0 bridgehead atoms. The Labute approximate surface area is 78.3 Å². The molecular weight excluding hydrogens is 158 g/mol. The van der Waals surface area contributed by atoms with Crippen LogP contribution in [0.3, 0.4) is 0 Å². The van der Waals surface area contributed by atoms with Gasteiger partial charge in [0.15, 0.2) is 12.1 Å². The normalized spacial score (nSPS) is 13.7. The average molecular weight is 170 g/mol. The van der Waals surface area contributed by atoms with Crippen molar-refractivity contribution in [2.45, 2.75) is 13.8 Å². The molecule has 0 amide bonds. The molecule has 1 aromatic carbocycles. The minimum absolute atomic E-state index is 1.18. The van der Waals surface area contributed by atoms with Crippen LogP contribution in [-0.2, 0) is 0 Å². The van der Waals surface area contributed by atoms with E-state index in [0.29, 0.717) is 0 Å². The third-order valence-electron chi connectivity index (χ3n) is 2.33. The van der Waals surface area contributed by atoms with Crippen molar-refractivity contribution in [3.8, 4) is 0 Å².